The van der Waals surface area contributed by atoms with Crippen LogP contribution in [-0.2, 0) is 13.1 Å². The summed E-state index contributed by atoms with van der Waals surface area (Å²) in [6.45, 7) is 5.74. The van der Waals surface area contributed by atoms with Gasteiger partial charge in [0.1, 0.15) is 0 Å². The fourth-order valence-electron chi connectivity index (χ4n) is 3.21. The van der Waals surface area contributed by atoms with Crippen LogP contribution in [0.25, 0.3) is 0 Å². The molecule has 2 heterocycles. The van der Waals surface area contributed by atoms with E-state index in [4.69, 9.17) is 0 Å². The van der Waals surface area contributed by atoms with Gasteiger partial charge in [-0.1, -0.05) is 30.3 Å². The van der Waals surface area contributed by atoms with Crippen LogP contribution in [0.3, 0.4) is 0 Å². The Hall–Kier alpha value is -1.06. The van der Waals surface area contributed by atoms with Crippen LogP contribution in [0, 0.1) is 5.92 Å². The summed E-state index contributed by atoms with van der Waals surface area (Å²) in [6.07, 6.45) is 3.45. The summed E-state index contributed by atoms with van der Waals surface area (Å²) in [4.78, 5) is 2.61. The minimum absolute atomic E-state index is 0.676. The second kappa shape index (κ2) is 6.15. The molecule has 0 saturated carbocycles. The van der Waals surface area contributed by atoms with Gasteiger partial charge in [-0.15, -0.1) is 0 Å². The highest BCUT2D eigenvalue weighted by atomic mass is 79.9. The Morgan fingerprint density at radius 3 is 2.65 bits per heavy atom. The lowest BCUT2D eigenvalue weighted by Crippen LogP contribution is -2.26. The van der Waals surface area contributed by atoms with E-state index in [1.165, 1.54) is 23.1 Å². The molecule has 106 valence electrons. The number of benzene rings is 1. The molecule has 2 aromatic rings. The zero-order valence-electron chi connectivity index (χ0n) is 11.9. The summed E-state index contributed by atoms with van der Waals surface area (Å²) < 4.78 is 3.50. The van der Waals surface area contributed by atoms with Gasteiger partial charge >= 0.3 is 0 Å². The van der Waals surface area contributed by atoms with Crippen LogP contribution in [0.2, 0.25) is 0 Å². The van der Waals surface area contributed by atoms with Gasteiger partial charge in [0, 0.05) is 31.9 Å². The van der Waals surface area contributed by atoms with Crippen molar-refractivity contribution in [2.24, 2.45) is 5.92 Å². The molecule has 1 aliphatic rings. The normalized spacial score (nSPS) is 23.3. The average molecular weight is 333 g/mol. The zero-order chi connectivity index (χ0) is 13.9. The van der Waals surface area contributed by atoms with Crippen molar-refractivity contribution < 1.29 is 0 Å². The van der Waals surface area contributed by atoms with Gasteiger partial charge in [-0.2, -0.15) is 0 Å². The molecular formula is C17H21BrN2. The lowest BCUT2D eigenvalue weighted by Gasteiger charge is -2.21. The van der Waals surface area contributed by atoms with Gasteiger partial charge in [0.25, 0.3) is 0 Å². The van der Waals surface area contributed by atoms with Crippen LogP contribution in [0.15, 0.2) is 53.3 Å². The molecule has 1 aliphatic heterocycles. The van der Waals surface area contributed by atoms with E-state index in [2.05, 4.69) is 81.0 Å². The van der Waals surface area contributed by atoms with E-state index in [0.717, 1.165) is 19.0 Å². The minimum atomic E-state index is 0.676. The third-order valence-electron chi connectivity index (χ3n) is 4.25. The van der Waals surface area contributed by atoms with Crippen molar-refractivity contribution >= 4 is 15.9 Å². The summed E-state index contributed by atoms with van der Waals surface area (Å²) in [5.74, 6) is 0.748. The first kappa shape index (κ1) is 13.9. The highest BCUT2D eigenvalue weighted by Crippen LogP contribution is 2.27. The van der Waals surface area contributed by atoms with Crippen molar-refractivity contribution in [1.29, 1.82) is 0 Å². The molecule has 1 fully saturated rings. The molecule has 1 saturated heterocycles. The number of rotatable bonds is 4. The molecule has 0 radical (unpaired) electrons. The van der Waals surface area contributed by atoms with Crippen molar-refractivity contribution in [3.8, 4) is 0 Å². The standard InChI is InChI=1S/C17H21BrN2/c1-14-10-16(12-19-9-5-8-17(19)18)13-20(14)11-15-6-3-2-4-7-15/h2-9,14,16H,10-13H2,1H3. The fraction of sp³-hybridized carbons (Fsp3) is 0.412. The van der Waals surface area contributed by atoms with Crippen molar-refractivity contribution in [3.63, 3.8) is 0 Å². The quantitative estimate of drug-likeness (QED) is 0.816. The molecule has 2 nitrogen and oxygen atoms in total. The Morgan fingerprint density at radius 1 is 1.15 bits per heavy atom. The third-order valence-corrected chi connectivity index (χ3v) is 4.97. The first-order chi connectivity index (χ1) is 9.72. The van der Waals surface area contributed by atoms with E-state index in [-0.39, 0.29) is 0 Å². The highest BCUT2D eigenvalue weighted by Gasteiger charge is 2.29. The SMILES string of the molecule is CC1CC(Cn2cccc2Br)CN1Cc1ccccc1. The predicted octanol–water partition coefficient (Wildman–Crippen LogP) is 4.16. The maximum atomic E-state index is 3.61. The molecular weight excluding hydrogens is 312 g/mol. The highest BCUT2D eigenvalue weighted by molar-refractivity contribution is 9.10. The maximum absolute atomic E-state index is 3.61. The van der Waals surface area contributed by atoms with Gasteiger partial charge in [0.2, 0.25) is 0 Å². The fourth-order valence-corrected chi connectivity index (χ4v) is 3.62. The zero-order valence-corrected chi connectivity index (χ0v) is 13.5. The van der Waals surface area contributed by atoms with Crippen LogP contribution in [0.4, 0.5) is 0 Å². The lowest BCUT2D eigenvalue weighted by atomic mass is 10.1. The smallest absolute Gasteiger partial charge is 0.0846 e. The predicted molar refractivity (Wildman–Crippen MR) is 86.6 cm³/mol. The van der Waals surface area contributed by atoms with Gasteiger partial charge < -0.3 is 4.57 Å². The molecule has 2 atom stereocenters. The van der Waals surface area contributed by atoms with Crippen molar-refractivity contribution in [3.05, 3.63) is 58.8 Å². The molecule has 1 aromatic heterocycles. The third kappa shape index (κ3) is 3.15. The van der Waals surface area contributed by atoms with Crippen LogP contribution < -0.4 is 0 Å². The van der Waals surface area contributed by atoms with Crippen LogP contribution >= 0.6 is 15.9 Å². The van der Waals surface area contributed by atoms with Crippen LogP contribution in [0.1, 0.15) is 18.9 Å². The molecule has 0 bridgehead atoms. The van der Waals surface area contributed by atoms with Crippen molar-refractivity contribution in [1.82, 2.24) is 9.47 Å². The largest absolute Gasteiger partial charge is 0.342 e. The second-order valence-electron chi connectivity index (χ2n) is 5.85. The Bertz CT molecular complexity index is 549. The van der Waals surface area contributed by atoms with Crippen molar-refractivity contribution in [2.75, 3.05) is 6.54 Å². The first-order valence-corrected chi connectivity index (χ1v) is 8.10. The molecule has 0 N–H and O–H groups in total. The monoisotopic (exact) mass is 332 g/mol. The molecule has 0 aliphatic carbocycles. The van der Waals surface area contributed by atoms with E-state index in [1.54, 1.807) is 0 Å². The van der Waals surface area contributed by atoms with Crippen molar-refractivity contribution in [2.45, 2.75) is 32.5 Å². The average Bonchev–Trinajstić information content (AvgIpc) is 2.99. The van der Waals surface area contributed by atoms with Gasteiger partial charge in [-0.05, 0) is 52.9 Å². The van der Waals surface area contributed by atoms with Gasteiger partial charge in [0.05, 0.1) is 4.60 Å². The Balaban J connectivity index is 1.61. The lowest BCUT2D eigenvalue weighted by molar-refractivity contribution is 0.253. The van der Waals surface area contributed by atoms with E-state index >= 15 is 0 Å². The number of nitrogens with zero attached hydrogens (tertiary/aromatic N) is 2. The number of hydrogen-bond acceptors (Lipinski definition) is 1. The molecule has 0 spiro atoms. The van der Waals surface area contributed by atoms with Gasteiger partial charge in [-0.25, -0.2) is 0 Å². The summed E-state index contributed by atoms with van der Waals surface area (Å²) in [5.41, 5.74) is 1.42. The van der Waals surface area contributed by atoms with E-state index < -0.39 is 0 Å². The molecule has 3 heteroatoms. The number of hydrogen-bond donors (Lipinski definition) is 0. The number of halogens is 1. The van der Waals surface area contributed by atoms with E-state index in [1.807, 2.05) is 0 Å². The molecule has 3 rings (SSSR count). The molecule has 20 heavy (non-hydrogen) atoms. The molecule has 0 amide bonds. The Labute approximate surface area is 129 Å². The van der Waals surface area contributed by atoms with E-state index in [9.17, 15) is 0 Å². The number of likely N-dealkylation sites (tertiary alicyclic amines) is 1. The topological polar surface area (TPSA) is 8.17 Å². The second-order valence-corrected chi connectivity index (χ2v) is 6.66. The maximum Gasteiger partial charge on any atom is 0.0846 e. The summed E-state index contributed by atoms with van der Waals surface area (Å²) >= 11 is 3.61. The summed E-state index contributed by atoms with van der Waals surface area (Å²) in [6, 6.07) is 15.7. The Kier molecular flexibility index (Phi) is 4.27. The Morgan fingerprint density at radius 2 is 1.95 bits per heavy atom. The molecule has 1 aromatic carbocycles. The van der Waals surface area contributed by atoms with Crippen LogP contribution in [0.5, 0.6) is 0 Å². The minimum Gasteiger partial charge on any atom is -0.342 e. The first-order valence-electron chi connectivity index (χ1n) is 7.31. The van der Waals surface area contributed by atoms with Crippen LogP contribution in [-0.4, -0.2) is 22.1 Å². The summed E-state index contributed by atoms with van der Waals surface area (Å²) in [7, 11) is 0. The number of aromatic nitrogens is 1. The van der Waals surface area contributed by atoms with E-state index in [0.29, 0.717) is 6.04 Å². The molecule has 2 unspecified atom stereocenters. The van der Waals surface area contributed by atoms with Gasteiger partial charge in [-0.3, -0.25) is 4.90 Å². The summed E-state index contributed by atoms with van der Waals surface area (Å²) in [5, 5.41) is 0. The van der Waals surface area contributed by atoms with Gasteiger partial charge in [0.15, 0.2) is 0 Å².